The SMILES string of the molecule is CCN1CCCC1CN(C)Cc1nc(C)cc(NN)n1. The normalized spacial score (nSPS) is 19.8. The van der Waals surface area contributed by atoms with Gasteiger partial charge in [-0.15, -0.1) is 0 Å². The zero-order chi connectivity index (χ0) is 14.5. The van der Waals surface area contributed by atoms with Crippen molar-refractivity contribution in [3.05, 3.63) is 17.6 Å². The van der Waals surface area contributed by atoms with Gasteiger partial charge in [0.05, 0.1) is 6.54 Å². The summed E-state index contributed by atoms with van der Waals surface area (Å²) in [4.78, 5) is 13.7. The standard InChI is InChI=1S/C14H26N6/c1-4-20-7-5-6-12(20)9-19(3)10-14-16-11(2)8-13(17-14)18-15/h8,12H,4-7,9-10,15H2,1-3H3,(H,16,17,18). The van der Waals surface area contributed by atoms with E-state index in [0.717, 1.165) is 31.2 Å². The quantitative estimate of drug-likeness (QED) is 0.597. The number of nitrogen functional groups attached to an aromatic ring is 1. The molecule has 0 radical (unpaired) electrons. The second kappa shape index (κ2) is 6.97. The number of nitrogens with one attached hydrogen (secondary N) is 1. The van der Waals surface area contributed by atoms with Crippen LogP contribution in [-0.4, -0.2) is 52.5 Å². The highest BCUT2D eigenvalue weighted by molar-refractivity contribution is 5.33. The van der Waals surface area contributed by atoms with Crippen LogP contribution < -0.4 is 11.3 Å². The Hall–Kier alpha value is -1.24. The smallest absolute Gasteiger partial charge is 0.144 e. The van der Waals surface area contributed by atoms with Crippen LogP contribution >= 0.6 is 0 Å². The zero-order valence-corrected chi connectivity index (χ0v) is 12.8. The van der Waals surface area contributed by atoms with Crippen LogP contribution in [0.3, 0.4) is 0 Å². The van der Waals surface area contributed by atoms with Crippen LogP contribution in [0.15, 0.2) is 6.07 Å². The van der Waals surface area contributed by atoms with Gasteiger partial charge in [-0.1, -0.05) is 6.92 Å². The van der Waals surface area contributed by atoms with E-state index in [4.69, 9.17) is 5.84 Å². The second-order valence-corrected chi connectivity index (χ2v) is 5.58. The van der Waals surface area contributed by atoms with Crippen LogP contribution in [0, 0.1) is 6.92 Å². The number of anilines is 1. The Bertz CT molecular complexity index is 436. The maximum absolute atomic E-state index is 5.43. The molecule has 1 saturated heterocycles. The van der Waals surface area contributed by atoms with Crippen molar-refractivity contribution >= 4 is 5.82 Å². The number of rotatable bonds is 6. The lowest BCUT2D eigenvalue weighted by Crippen LogP contribution is -2.38. The molecule has 0 spiro atoms. The van der Waals surface area contributed by atoms with E-state index < -0.39 is 0 Å². The largest absolute Gasteiger partial charge is 0.308 e. The van der Waals surface area contributed by atoms with E-state index in [1.165, 1.54) is 19.4 Å². The molecule has 1 aromatic rings. The van der Waals surface area contributed by atoms with Crippen molar-refractivity contribution in [1.29, 1.82) is 0 Å². The Morgan fingerprint density at radius 1 is 1.50 bits per heavy atom. The fourth-order valence-electron chi connectivity index (χ4n) is 2.96. The maximum atomic E-state index is 5.43. The van der Waals surface area contributed by atoms with Crippen molar-refractivity contribution in [3.63, 3.8) is 0 Å². The molecule has 0 aromatic carbocycles. The average Bonchev–Trinajstić information content (AvgIpc) is 2.84. The van der Waals surface area contributed by atoms with Gasteiger partial charge in [-0.25, -0.2) is 15.8 Å². The van der Waals surface area contributed by atoms with Gasteiger partial charge in [-0.3, -0.25) is 9.80 Å². The lowest BCUT2D eigenvalue weighted by Gasteiger charge is -2.27. The molecule has 2 rings (SSSR count). The molecular formula is C14H26N6. The van der Waals surface area contributed by atoms with E-state index in [0.29, 0.717) is 11.9 Å². The Balaban J connectivity index is 1.94. The van der Waals surface area contributed by atoms with Crippen molar-refractivity contribution in [1.82, 2.24) is 19.8 Å². The van der Waals surface area contributed by atoms with E-state index in [2.05, 4.69) is 39.2 Å². The summed E-state index contributed by atoms with van der Waals surface area (Å²) in [5.74, 6) is 6.92. The Morgan fingerprint density at radius 3 is 3.00 bits per heavy atom. The minimum Gasteiger partial charge on any atom is -0.308 e. The van der Waals surface area contributed by atoms with Gasteiger partial charge in [0.15, 0.2) is 0 Å². The van der Waals surface area contributed by atoms with E-state index in [1.807, 2.05) is 13.0 Å². The fourth-order valence-corrected chi connectivity index (χ4v) is 2.96. The van der Waals surface area contributed by atoms with Crippen LogP contribution in [0.2, 0.25) is 0 Å². The third kappa shape index (κ3) is 3.88. The highest BCUT2D eigenvalue weighted by Gasteiger charge is 2.24. The number of nitrogens with zero attached hydrogens (tertiary/aromatic N) is 4. The Labute approximate surface area is 121 Å². The first-order valence-electron chi connectivity index (χ1n) is 7.36. The lowest BCUT2D eigenvalue weighted by atomic mass is 10.2. The van der Waals surface area contributed by atoms with Gasteiger partial charge < -0.3 is 5.43 Å². The highest BCUT2D eigenvalue weighted by Crippen LogP contribution is 2.17. The summed E-state index contributed by atoms with van der Waals surface area (Å²) in [5.41, 5.74) is 3.53. The van der Waals surface area contributed by atoms with Crippen molar-refractivity contribution in [3.8, 4) is 0 Å². The predicted molar refractivity (Wildman–Crippen MR) is 81.2 cm³/mol. The summed E-state index contributed by atoms with van der Waals surface area (Å²) in [5, 5.41) is 0. The number of hydrogen-bond donors (Lipinski definition) is 2. The molecule has 0 bridgehead atoms. The number of nitrogens with two attached hydrogens (primary N) is 1. The topological polar surface area (TPSA) is 70.3 Å². The van der Waals surface area contributed by atoms with Gasteiger partial charge in [0.2, 0.25) is 0 Å². The molecule has 6 nitrogen and oxygen atoms in total. The van der Waals surface area contributed by atoms with Crippen molar-refractivity contribution in [2.24, 2.45) is 5.84 Å². The monoisotopic (exact) mass is 278 g/mol. The molecule has 112 valence electrons. The summed E-state index contributed by atoms with van der Waals surface area (Å²) < 4.78 is 0. The molecular weight excluding hydrogens is 252 g/mol. The zero-order valence-electron chi connectivity index (χ0n) is 12.8. The molecule has 3 N–H and O–H groups in total. The molecule has 0 aliphatic carbocycles. The van der Waals surface area contributed by atoms with Gasteiger partial charge in [0.1, 0.15) is 11.6 Å². The molecule has 1 aliphatic rings. The van der Waals surface area contributed by atoms with Gasteiger partial charge in [0, 0.05) is 24.3 Å². The number of aromatic nitrogens is 2. The van der Waals surface area contributed by atoms with Gasteiger partial charge >= 0.3 is 0 Å². The minimum absolute atomic E-state index is 0.668. The molecule has 0 saturated carbocycles. The molecule has 1 atom stereocenters. The van der Waals surface area contributed by atoms with Crippen molar-refractivity contribution < 1.29 is 0 Å². The van der Waals surface area contributed by atoms with E-state index >= 15 is 0 Å². The van der Waals surface area contributed by atoms with Gasteiger partial charge in [0.25, 0.3) is 0 Å². The third-order valence-corrected chi connectivity index (χ3v) is 3.89. The van der Waals surface area contributed by atoms with Crippen LogP contribution in [0.1, 0.15) is 31.3 Å². The van der Waals surface area contributed by atoms with Gasteiger partial charge in [-0.05, 0) is 39.9 Å². The van der Waals surface area contributed by atoms with Crippen LogP contribution in [-0.2, 0) is 6.54 Å². The van der Waals surface area contributed by atoms with E-state index in [1.54, 1.807) is 0 Å². The summed E-state index contributed by atoms with van der Waals surface area (Å²) in [6, 6.07) is 2.51. The molecule has 1 aliphatic heterocycles. The second-order valence-electron chi connectivity index (χ2n) is 5.58. The Kier molecular flexibility index (Phi) is 5.28. The van der Waals surface area contributed by atoms with Crippen molar-refractivity contribution in [2.75, 3.05) is 32.1 Å². The first kappa shape index (κ1) is 15.2. The first-order valence-corrected chi connectivity index (χ1v) is 7.36. The first-order chi connectivity index (χ1) is 9.62. The van der Waals surface area contributed by atoms with Crippen LogP contribution in [0.5, 0.6) is 0 Å². The average molecular weight is 278 g/mol. The highest BCUT2D eigenvalue weighted by atomic mass is 15.3. The number of likely N-dealkylation sites (N-methyl/N-ethyl adjacent to an activating group) is 2. The molecule has 20 heavy (non-hydrogen) atoms. The predicted octanol–water partition coefficient (Wildman–Crippen LogP) is 0.987. The molecule has 1 unspecified atom stereocenters. The lowest BCUT2D eigenvalue weighted by molar-refractivity contribution is 0.192. The molecule has 1 aromatic heterocycles. The molecule has 0 amide bonds. The third-order valence-electron chi connectivity index (χ3n) is 3.89. The molecule has 6 heteroatoms. The van der Waals surface area contributed by atoms with Gasteiger partial charge in [-0.2, -0.15) is 0 Å². The van der Waals surface area contributed by atoms with E-state index in [-0.39, 0.29) is 0 Å². The molecule has 1 fully saturated rings. The number of hydrogen-bond acceptors (Lipinski definition) is 6. The van der Waals surface area contributed by atoms with E-state index in [9.17, 15) is 0 Å². The minimum atomic E-state index is 0.668. The summed E-state index contributed by atoms with van der Waals surface area (Å²) in [7, 11) is 2.13. The van der Waals surface area contributed by atoms with Crippen molar-refractivity contribution in [2.45, 2.75) is 39.3 Å². The number of hydrazine groups is 1. The number of aryl methyl sites for hydroxylation is 1. The Morgan fingerprint density at radius 2 is 2.30 bits per heavy atom. The number of likely N-dealkylation sites (tertiary alicyclic amines) is 1. The summed E-state index contributed by atoms with van der Waals surface area (Å²) in [6.07, 6.45) is 2.61. The fraction of sp³-hybridized carbons (Fsp3) is 0.714. The summed E-state index contributed by atoms with van der Waals surface area (Å²) >= 11 is 0. The van der Waals surface area contributed by atoms with Crippen LogP contribution in [0.4, 0.5) is 5.82 Å². The maximum Gasteiger partial charge on any atom is 0.144 e. The molecule has 2 heterocycles. The summed E-state index contributed by atoms with van der Waals surface area (Å²) in [6.45, 7) is 8.39. The van der Waals surface area contributed by atoms with Crippen LogP contribution in [0.25, 0.3) is 0 Å².